The van der Waals surface area contributed by atoms with E-state index in [0.29, 0.717) is 50.2 Å². The summed E-state index contributed by atoms with van der Waals surface area (Å²) >= 11 is 0. The Morgan fingerprint density at radius 2 is 1.82 bits per heavy atom. The molecule has 1 saturated carbocycles. The summed E-state index contributed by atoms with van der Waals surface area (Å²) in [5, 5.41) is 6.44. The van der Waals surface area contributed by atoms with E-state index in [1.165, 1.54) is 19.3 Å². The Hall–Kier alpha value is -2.38. The van der Waals surface area contributed by atoms with Gasteiger partial charge in [0.15, 0.2) is 0 Å². The van der Waals surface area contributed by atoms with Gasteiger partial charge in [0.05, 0.1) is 6.61 Å². The molecular formula is C20H31N5O3. The van der Waals surface area contributed by atoms with Crippen LogP contribution >= 0.6 is 0 Å². The minimum atomic E-state index is -0.280. The zero-order valence-corrected chi connectivity index (χ0v) is 16.9. The molecule has 154 valence electrons. The molecule has 0 unspecified atom stereocenters. The number of hydrogen-bond acceptors (Lipinski definition) is 6. The zero-order valence-electron chi connectivity index (χ0n) is 16.9. The van der Waals surface area contributed by atoms with Gasteiger partial charge in [-0.3, -0.25) is 4.79 Å². The van der Waals surface area contributed by atoms with Crippen molar-refractivity contribution in [3.05, 3.63) is 17.5 Å². The van der Waals surface area contributed by atoms with Crippen molar-refractivity contribution in [3.8, 4) is 0 Å². The number of aromatic nitrogens is 2. The second-order valence-electron chi connectivity index (χ2n) is 7.63. The van der Waals surface area contributed by atoms with Crippen molar-refractivity contribution in [1.29, 1.82) is 0 Å². The lowest BCUT2D eigenvalue weighted by Gasteiger charge is -2.31. The van der Waals surface area contributed by atoms with Crippen LogP contribution in [0, 0.1) is 6.92 Å². The van der Waals surface area contributed by atoms with E-state index in [1.807, 2.05) is 6.92 Å². The van der Waals surface area contributed by atoms with Crippen LogP contribution < -0.4 is 10.6 Å². The van der Waals surface area contributed by atoms with Gasteiger partial charge in [-0.25, -0.2) is 14.8 Å². The number of hydrogen-bond donors (Lipinski definition) is 2. The van der Waals surface area contributed by atoms with E-state index in [2.05, 4.69) is 20.6 Å². The Balaban J connectivity index is 1.55. The first-order chi connectivity index (χ1) is 13.5. The number of carbonyl (C=O) groups excluding carboxylic acids is 2. The van der Waals surface area contributed by atoms with E-state index in [4.69, 9.17) is 4.74 Å². The lowest BCUT2D eigenvalue weighted by molar-refractivity contribution is 0.0856. The standard InChI is InChI=1S/C20H31N5O3/c1-3-28-20(27)25-11-9-16(10-12-25)22-18(26)17-13-14(2)21-19(24-17)23-15-7-5-4-6-8-15/h13,15-16H,3-12H2,1-2H3,(H,22,26)(H,21,23,24). The normalized spacial score (nSPS) is 18.6. The fourth-order valence-electron chi connectivity index (χ4n) is 3.86. The quantitative estimate of drug-likeness (QED) is 0.804. The summed E-state index contributed by atoms with van der Waals surface area (Å²) in [4.78, 5) is 35.0. The van der Waals surface area contributed by atoms with E-state index in [-0.39, 0.29) is 18.0 Å². The Bertz CT molecular complexity index is 682. The number of nitrogens with zero attached hydrogens (tertiary/aromatic N) is 3. The molecule has 3 rings (SSSR count). The predicted octanol–water partition coefficient (Wildman–Crippen LogP) is 2.88. The first-order valence-electron chi connectivity index (χ1n) is 10.4. The highest BCUT2D eigenvalue weighted by atomic mass is 16.6. The molecule has 2 amide bonds. The molecule has 8 nitrogen and oxygen atoms in total. The van der Waals surface area contributed by atoms with Crippen LogP contribution in [0.3, 0.4) is 0 Å². The summed E-state index contributed by atoms with van der Waals surface area (Å²) in [7, 11) is 0. The van der Waals surface area contributed by atoms with Crippen LogP contribution in [0.15, 0.2) is 6.07 Å². The number of ether oxygens (including phenoxy) is 1. The summed E-state index contributed by atoms with van der Waals surface area (Å²) < 4.78 is 5.03. The average Bonchev–Trinajstić information content (AvgIpc) is 2.69. The van der Waals surface area contributed by atoms with Crippen LogP contribution in [0.5, 0.6) is 0 Å². The molecule has 2 N–H and O–H groups in total. The zero-order chi connectivity index (χ0) is 19.9. The molecule has 1 aromatic rings. The Kier molecular flexibility index (Phi) is 7.06. The highest BCUT2D eigenvalue weighted by Crippen LogP contribution is 2.20. The van der Waals surface area contributed by atoms with Crippen molar-refractivity contribution in [2.75, 3.05) is 25.0 Å². The van der Waals surface area contributed by atoms with Gasteiger partial charge in [-0.1, -0.05) is 19.3 Å². The molecule has 0 aromatic carbocycles. The lowest BCUT2D eigenvalue weighted by atomic mass is 9.96. The van der Waals surface area contributed by atoms with E-state index in [0.717, 1.165) is 18.5 Å². The molecule has 2 fully saturated rings. The number of carbonyl (C=O) groups is 2. The van der Waals surface area contributed by atoms with Crippen LogP contribution in [0.1, 0.15) is 68.1 Å². The van der Waals surface area contributed by atoms with Crippen molar-refractivity contribution in [1.82, 2.24) is 20.2 Å². The molecule has 0 bridgehead atoms. The second kappa shape index (κ2) is 9.71. The molecule has 1 aliphatic carbocycles. The third kappa shape index (κ3) is 5.56. The maximum absolute atomic E-state index is 12.7. The van der Waals surface area contributed by atoms with Crippen LogP contribution in [0.2, 0.25) is 0 Å². The Labute approximate surface area is 166 Å². The van der Waals surface area contributed by atoms with Crippen molar-refractivity contribution < 1.29 is 14.3 Å². The van der Waals surface area contributed by atoms with E-state index in [9.17, 15) is 9.59 Å². The van der Waals surface area contributed by atoms with Gasteiger partial charge in [-0.05, 0) is 45.6 Å². The van der Waals surface area contributed by atoms with Crippen molar-refractivity contribution in [3.63, 3.8) is 0 Å². The first-order valence-corrected chi connectivity index (χ1v) is 10.4. The number of likely N-dealkylation sites (tertiary alicyclic amines) is 1. The Morgan fingerprint density at radius 1 is 1.11 bits per heavy atom. The second-order valence-corrected chi connectivity index (χ2v) is 7.63. The number of rotatable bonds is 5. The van der Waals surface area contributed by atoms with Crippen molar-refractivity contribution in [2.45, 2.75) is 70.9 Å². The largest absolute Gasteiger partial charge is 0.450 e. The van der Waals surface area contributed by atoms with Crippen molar-refractivity contribution in [2.24, 2.45) is 0 Å². The predicted molar refractivity (Wildman–Crippen MR) is 106 cm³/mol. The lowest BCUT2D eigenvalue weighted by Crippen LogP contribution is -2.46. The maximum Gasteiger partial charge on any atom is 0.409 e. The van der Waals surface area contributed by atoms with Crippen LogP contribution in [0.25, 0.3) is 0 Å². The molecule has 2 aliphatic rings. The highest BCUT2D eigenvalue weighted by molar-refractivity contribution is 5.92. The molecule has 8 heteroatoms. The van der Waals surface area contributed by atoms with E-state index < -0.39 is 0 Å². The molecule has 0 radical (unpaired) electrons. The fraction of sp³-hybridized carbons (Fsp3) is 0.700. The van der Waals surface area contributed by atoms with Crippen LogP contribution in [0.4, 0.5) is 10.7 Å². The summed E-state index contributed by atoms with van der Waals surface area (Å²) in [6, 6.07) is 2.14. The molecule has 1 saturated heterocycles. The number of aryl methyl sites for hydroxylation is 1. The third-order valence-corrected chi connectivity index (χ3v) is 5.38. The summed E-state index contributed by atoms with van der Waals surface area (Å²) in [6.07, 6.45) is 7.12. The van der Waals surface area contributed by atoms with Gasteiger partial charge in [-0.15, -0.1) is 0 Å². The van der Waals surface area contributed by atoms with Gasteiger partial charge < -0.3 is 20.3 Å². The minimum absolute atomic E-state index is 0.0307. The Morgan fingerprint density at radius 3 is 2.50 bits per heavy atom. The monoisotopic (exact) mass is 389 g/mol. The average molecular weight is 390 g/mol. The molecule has 1 aliphatic heterocycles. The number of nitrogens with one attached hydrogen (secondary N) is 2. The summed E-state index contributed by atoms with van der Waals surface area (Å²) in [6.45, 7) is 5.22. The van der Waals surface area contributed by atoms with Gasteiger partial charge in [0, 0.05) is 30.9 Å². The van der Waals surface area contributed by atoms with Gasteiger partial charge in [0.25, 0.3) is 5.91 Å². The van der Waals surface area contributed by atoms with Crippen LogP contribution in [-0.4, -0.2) is 58.6 Å². The van der Waals surface area contributed by atoms with Gasteiger partial charge in [0.2, 0.25) is 5.95 Å². The molecule has 2 heterocycles. The SMILES string of the molecule is CCOC(=O)N1CCC(NC(=O)c2cc(C)nc(NC3CCCCC3)n2)CC1. The molecular weight excluding hydrogens is 358 g/mol. The first kappa shape index (κ1) is 20.4. The van der Waals surface area contributed by atoms with Gasteiger partial charge in [-0.2, -0.15) is 0 Å². The number of piperidine rings is 1. The highest BCUT2D eigenvalue weighted by Gasteiger charge is 2.25. The maximum atomic E-state index is 12.7. The van der Waals surface area contributed by atoms with E-state index >= 15 is 0 Å². The summed E-state index contributed by atoms with van der Waals surface area (Å²) in [5.41, 5.74) is 1.16. The summed E-state index contributed by atoms with van der Waals surface area (Å²) in [5.74, 6) is 0.348. The molecule has 28 heavy (non-hydrogen) atoms. The molecule has 0 atom stereocenters. The number of amides is 2. The van der Waals surface area contributed by atoms with Crippen molar-refractivity contribution >= 4 is 17.9 Å². The third-order valence-electron chi connectivity index (χ3n) is 5.38. The topological polar surface area (TPSA) is 96.5 Å². The minimum Gasteiger partial charge on any atom is -0.450 e. The number of anilines is 1. The van der Waals surface area contributed by atoms with Gasteiger partial charge >= 0.3 is 6.09 Å². The molecule has 1 aromatic heterocycles. The smallest absolute Gasteiger partial charge is 0.409 e. The fourth-order valence-corrected chi connectivity index (χ4v) is 3.86. The van der Waals surface area contributed by atoms with Gasteiger partial charge in [0.1, 0.15) is 5.69 Å². The molecule has 0 spiro atoms. The van der Waals surface area contributed by atoms with E-state index in [1.54, 1.807) is 17.9 Å². The van der Waals surface area contributed by atoms with Crippen LogP contribution in [-0.2, 0) is 4.74 Å².